The van der Waals surface area contributed by atoms with Gasteiger partial charge in [-0.1, -0.05) is 58.4 Å². The standard InChI is InChI=1S/C24H23BrN2O4/c25-19-10-8-18(9-11-19)22-16-27(12-14-31-22)24(29)20(15-17-5-2-1-3-6-17)26-23(28)21-7-4-13-30-21/h1-11,13,20,22H,12,14-16H2,(H,26,28). The number of ether oxygens (including phenoxy) is 1. The highest BCUT2D eigenvalue weighted by Crippen LogP contribution is 2.24. The minimum Gasteiger partial charge on any atom is -0.459 e. The molecule has 1 aliphatic heterocycles. The van der Waals surface area contributed by atoms with Crippen molar-refractivity contribution in [1.82, 2.24) is 10.2 Å². The fourth-order valence-corrected chi connectivity index (χ4v) is 3.90. The molecule has 0 saturated carbocycles. The third-order valence-corrected chi connectivity index (χ3v) is 5.78. The second-order valence-electron chi connectivity index (χ2n) is 7.39. The van der Waals surface area contributed by atoms with Crippen LogP contribution in [0.5, 0.6) is 0 Å². The van der Waals surface area contributed by atoms with Gasteiger partial charge in [0.05, 0.1) is 19.4 Å². The molecule has 2 heterocycles. The van der Waals surface area contributed by atoms with E-state index in [9.17, 15) is 9.59 Å². The second-order valence-corrected chi connectivity index (χ2v) is 8.30. The molecular formula is C24H23BrN2O4. The highest BCUT2D eigenvalue weighted by atomic mass is 79.9. The molecular weight excluding hydrogens is 460 g/mol. The summed E-state index contributed by atoms with van der Waals surface area (Å²) < 4.78 is 12.1. The van der Waals surface area contributed by atoms with Crippen molar-refractivity contribution in [3.8, 4) is 0 Å². The van der Waals surface area contributed by atoms with Crippen LogP contribution in [0.3, 0.4) is 0 Å². The number of furan rings is 1. The van der Waals surface area contributed by atoms with Crippen LogP contribution in [0, 0.1) is 0 Å². The number of halogens is 1. The van der Waals surface area contributed by atoms with Crippen LogP contribution < -0.4 is 5.32 Å². The molecule has 0 aliphatic carbocycles. The first-order valence-electron chi connectivity index (χ1n) is 10.1. The minimum atomic E-state index is -0.705. The predicted octanol–water partition coefficient (Wildman–Crippen LogP) is 3.98. The van der Waals surface area contributed by atoms with E-state index in [0.29, 0.717) is 26.1 Å². The predicted molar refractivity (Wildman–Crippen MR) is 120 cm³/mol. The van der Waals surface area contributed by atoms with Crippen LogP contribution in [0.15, 0.2) is 81.9 Å². The molecule has 160 valence electrons. The number of amides is 2. The second kappa shape index (κ2) is 9.94. The number of rotatable bonds is 6. The van der Waals surface area contributed by atoms with E-state index in [1.54, 1.807) is 17.0 Å². The molecule has 1 aromatic heterocycles. The molecule has 2 atom stereocenters. The SMILES string of the molecule is O=C(NC(Cc1ccccc1)C(=O)N1CCOC(c2ccc(Br)cc2)C1)c1ccco1. The van der Waals surface area contributed by atoms with Crippen molar-refractivity contribution in [3.05, 3.63) is 94.4 Å². The van der Waals surface area contributed by atoms with Gasteiger partial charge in [0, 0.05) is 17.4 Å². The lowest BCUT2D eigenvalue weighted by Crippen LogP contribution is -2.53. The molecule has 7 heteroatoms. The smallest absolute Gasteiger partial charge is 0.287 e. The first-order chi connectivity index (χ1) is 15.1. The molecule has 1 N–H and O–H groups in total. The number of hydrogen-bond acceptors (Lipinski definition) is 4. The summed E-state index contributed by atoms with van der Waals surface area (Å²) in [5, 5.41) is 2.86. The highest BCUT2D eigenvalue weighted by molar-refractivity contribution is 9.10. The molecule has 2 aromatic carbocycles. The van der Waals surface area contributed by atoms with Gasteiger partial charge >= 0.3 is 0 Å². The molecule has 2 unspecified atom stereocenters. The Labute approximate surface area is 189 Å². The monoisotopic (exact) mass is 482 g/mol. The molecule has 3 aromatic rings. The van der Waals surface area contributed by atoms with Crippen LogP contribution in [0.1, 0.15) is 27.8 Å². The van der Waals surface area contributed by atoms with Gasteiger partial charge in [-0.15, -0.1) is 0 Å². The molecule has 0 bridgehead atoms. The summed E-state index contributed by atoms with van der Waals surface area (Å²) in [5.41, 5.74) is 1.98. The van der Waals surface area contributed by atoms with Gasteiger partial charge in [0.25, 0.3) is 5.91 Å². The fourth-order valence-electron chi connectivity index (χ4n) is 3.64. The maximum Gasteiger partial charge on any atom is 0.287 e. The van der Waals surface area contributed by atoms with Crippen molar-refractivity contribution in [3.63, 3.8) is 0 Å². The molecule has 2 amide bonds. The maximum absolute atomic E-state index is 13.5. The summed E-state index contributed by atoms with van der Waals surface area (Å²) in [6.45, 7) is 1.35. The fraction of sp³-hybridized carbons (Fsp3) is 0.250. The summed E-state index contributed by atoms with van der Waals surface area (Å²) in [4.78, 5) is 27.8. The number of benzene rings is 2. The van der Waals surface area contributed by atoms with Crippen molar-refractivity contribution in [1.29, 1.82) is 0 Å². The van der Waals surface area contributed by atoms with Crippen molar-refractivity contribution < 1.29 is 18.7 Å². The Bertz CT molecular complexity index is 1010. The Balaban J connectivity index is 1.51. The summed E-state index contributed by atoms with van der Waals surface area (Å²) in [7, 11) is 0. The normalized spacial score (nSPS) is 17.2. The number of nitrogens with zero attached hydrogens (tertiary/aromatic N) is 1. The number of hydrogen-bond donors (Lipinski definition) is 1. The van der Waals surface area contributed by atoms with E-state index in [4.69, 9.17) is 9.15 Å². The minimum absolute atomic E-state index is 0.130. The van der Waals surface area contributed by atoms with Gasteiger partial charge in [0.15, 0.2) is 5.76 Å². The summed E-state index contributed by atoms with van der Waals surface area (Å²) in [6, 6.07) is 20.1. The summed E-state index contributed by atoms with van der Waals surface area (Å²) >= 11 is 3.44. The third-order valence-electron chi connectivity index (χ3n) is 5.25. The van der Waals surface area contributed by atoms with E-state index in [1.165, 1.54) is 6.26 Å². The number of morpholine rings is 1. The molecule has 1 aliphatic rings. The lowest BCUT2D eigenvalue weighted by Gasteiger charge is -2.35. The van der Waals surface area contributed by atoms with E-state index < -0.39 is 11.9 Å². The van der Waals surface area contributed by atoms with Crippen LogP contribution in [-0.2, 0) is 16.0 Å². The first kappa shape index (κ1) is 21.3. The van der Waals surface area contributed by atoms with Gasteiger partial charge in [-0.2, -0.15) is 0 Å². The van der Waals surface area contributed by atoms with E-state index in [-0.39, 0.29) is 17.8 Å². The zero-order valence-corrected chi connectivity index (χ0v) is 18.5. The largest absolute Gasteiger partial charge is 0.459 e. The Hall–Kier alpha value is -2.90. The van der Waals surface area contributed by atoms with Gasteiger partial charge in [-0.3, -0.25) is 9.59 Å². The van der Waals surface area contributed by atoms with Crippen LogP contribution in [0.2, 0.25) is 0 Å². The summed E-state index contributed by atoms with van der Waals surface area (Å²) in [6.07, 6.45) is 1.63. The number of carbonyl (C=O) groups excluding carboxylic acids is 2. The average Bonchev–Trinajstić information content (AvgIpc) is 3.35. The van der Waals surface area contributed by atoms with Crippen molar-refractivity contribution in [2.24, 2.45) is 0 Å². The van der Waals surface area contributed by atoms with E-state index in [1.807, 2.05) is 54.6 Å². The lowest BCUT2D eigenvalue weighted by molar-refractivity contribution is -0.141. The Morgan fingerprint density at radius 2 is 1.84 bits per heavy atom. The Morgan fingerprint density at radius 1 is 1.06 bits per heavy atom. The molecule has 0 radical (unpaired) electrons. The van der Waals surface area contributed by atoms with Gasteiger partial charge in [-0.05, 0) is 35.4 Å². The Morgan fingerprint density at radius 3 is 2.55 bits per heavy atom. The molecule has 1 saturated heterocycles. The molecule has 0 spiro atoms. The van der Waals surface area contributed by atoms with Crippen LogP contribution in [-0.4, -0.2) is 42.5 Å². The van der Waals surface area contributed by atoms with Crippen molar-refractivity contribution in [2.75, 3.05) is 19.7 Å². The molecule has 1 fully saturated rings. The number of carbonyl (C=O) groups is 2. The van der Waals surface area contributed by atoms with Gasteiger partial charge in [0.2, 0.25) is 5.91 Å². The zero-order chi connectivity index (χ0) is 21.6. The Kier molecular flexibility index (Phi) is 6.84. The third kappa shape index (κ3) is 5.42. The summed E-state index contributed by atoms with van der Waals surface area (Å²) in [5.74, 6) is -0.355. The van der Waals surface area contributed by atoms with Gasteiger partial charge in [0.1, 0.15) is 12.1 Å². The topological polar surface area (TPSA) is 71.8 Å². The maximum atomic E-state index is 13.5. The molecule has 6 nitrogen and oxygen atoms in total. The van der Waals surface area contributed by atoms with E-state index >= 15 is 0 Å². The zero-order valence-electron chi connectivity index (χ0n) is 16.9. The molecule has 4 rings (SSSR count). The highest BCUT2D eigenvalue weighted by Gasteiger charge is 2.31. The van der Waals surface area contributed by atoms with Gasteiger partial charge in [-0.25, -0.2) is 0 Å². The van der Waals surface area contributed by atoms with E-state index in [2.05, 4.69) is 21.2 Å². The van der Waals surface area contributed by atoms with E-state index in [0.717, 1.165) is 15.6 Å². The quantitative estimate of drug-likeness (QED) is 0.576. The van der Waals surface area contributed by atoms with Crippen molar-refractivity contribution in [2.45, 2.75) is 18.6 Å². The number of nitrogens with one attached hydrogen (secondary N) is 1. The van der Waals surface area contributed by atoms with Crippen LogP contribution >= 0.6 is 15.9 Å². The van der Waals surface area contributed by atoms with Crippen LogP contribution in [0.4, 0.5) is 0 Å². The molecule has 31 heavy (non-hydrogen) atoms. The van der Waals surface area contributed by atoms with Crippen LogP contribution in [0.25, 0.3) is 0 Å². The lowest BCUT2D eigenvalue weighted by atomic mass is 10.0. The van der Waals surface area contributed by atoms with Crippen molar-refractivity contribution >= 4 is 27.7 Å². The first-order valence-corrected chi connectivity index (χ1v) is 10.9. The average molecular weight is 483 g/mol. The van der Waals surface area contributed by atoms with Gasteiger partial charge < -0.3 is 19.4 Å².